The van der Waals surface area contributed by atoms with E-state index in [0.717, 1.165) is 11.3 Å². The molecule has 9 heteroatoms. The van der Waals surface area contributed by atoms with Crippen molar-refractivity contribution in [3.8, 4) is 5.75 Å². The van der Waals surface area contributed by atoms with Crippen molar-refractivity contribution in [1.29, 1.82) is 0 Å². The zero-order chi connectivity index (χ0) is 20.1. The minimum absolute atomic E-state index is 0.126. The van der Waals surface area contributed by atoms with Gasteiger partial charge >= 0.3 is 0 Å². The van der Waals surface area contributed by atoms with Gasteiger partial charge in [0.2, 0.25) is 5.91 Å². The number of hydrogen-bond donors (Lipinski definition) is 2. The molecule has 0 aliphatic rings. The summed E-state index contributed by atoms with van der Waals surface area (Å²) in [7, 11) is -2.41. The van der Waals surface area contributed by atoms with Crippen molar-refractivity contribution in [3.05, 3.63) is 76.6 Å². The van der Waals surface area contributed by atoms with E-state index in [0.29, 0.717) is 22.0 Å². The Morgan fingerprint density at radius 2 is 1.86 bits per heavy atom. The zero-order valence-corrected chi connectivity index (χ0v) is 17.1. The first-order valence-corrected chi connectivity index (χ1v) is 10.9. The molecule has 1 atom stereocenters. The number of benzene rings is 2. The highest BCUT2D eigenvalue weighted by molar-refractivity contribution is 7.91. The topological polar surface area (TPSA) is 84.5 Å². The maximum Gasteiger partial charge on any atom is 0.251 e. The number of methoxy groups -OCH3 is 1. The largest absolute Gasteiger partial charge is 0.495 e. The summed E-state index contributed by atoms with van der Waals surface area (Å²) in [6, 6.07) is 15.4. The molecule has 0 fully saturated rings. The summed E-state index contributed by atoms with van der Waals surface area (Å²) in [4.78, 5) is 13.0. The maximum atomic E-state index is 13.0. The average molecular weight is 437 g/mol. The summed E-state index contributed by atoms with van der Waals surface area (Å²) in [5.74, 6) is -0.155. The van der Waals surface area contributed by atoms with Crippen molar-refractivity contribution in [2.45, 2.75) is 10.3 Å². The van der Waals surface area contributed by atoms with Crippen molar-refractivity contribution < 1.29 is 17.9 Å². The fraction of sp³-hybridized carbons (Fsp3) is 0.105. The first kappa shape index (κ1) is 20.3. The number of sulfonamides is 1. The molecule has 6 nitrogen and oxygen atoms in total. The number of anilines is 1. The second-order valence-corrected chi connectivity index (χ2v) is 9.06. The van der Waals surface area contributed by atoms with Crippen LogP contribution in [-0.2, 0) is 14.8 Å². The summed E-state index contributed by atoms with van der Waals surface area (Å²) in [5.41, 5.74) is 0.845. The Hall–Kier alpha value is -2.39. The molecule has 1 amide bonds. The molecule has 0 aliphatic heterocycles. The fourth-order valence-electron chi connectivity index (χ4n) is 2.53. The van der Waals surface area contributed by atoms with Gasteiger partial charge in [0.05, 0.1) is 12.8 Å². The Labute approximate surface area is 172 Å². The van der Waals surface area contributed by atoms with Gasteiger partial charge in [-0.1, -0.05) is 48.0 Å². The number of hydrogen-bond acceptors (Lipinski definition) is 5. The van der Waals surface area contributed by atoms with E-state index in [2.05, 4.69) is 10.0 Å². The molecule has 0 radical (unpaired) electrons. The second kappa shape index (κ2) is 8.74. The predicted octanol–water partition coefficient (Wildman–Crippen LogP) is 4.07. The van der Waals surface area contributed by atoms with Crippen LogP contribution in [0.5, 0.6) is 5.75 Å². The number of carbonyl (C=O) groups is 1. The van der Waals surface area contributed by atoms with Crippen LogP contribution in [0.15, 0.2) is 70.3 Å². The van der Waals surface area contributed by atoms with E-state index in [9.17, 15) is 13.2 Å². The quantitative estimate of drug-likeness (QED) is 0.584. The molecule has 0 spiro atoms. The van der Waals surface area contributed by atoms with E-state index in [1.54, 1.807) is 53.9 Å². The summed E-state index contributed by atoms with van der Waals surface area (Å²) in [5, 5.41) is 4.76. The molecule has 1 heterocycles. The van der Waals surface area contributed by atoms with Crippen molar-refractivity contribution in [2.75, 3.05) is 12.4 Å². The van der Waals surface area contributed by atoms with Crippen LogP contribution in [-0.4, -0.2) is 21.4 Å². The summed E-state index contributed by atoms with van der Waals surface area (Å²) < 4.78 is 33.2. The Kier molecular flexibility index (Phi) is 6.35. The molecular weight excluding hydrogens is 420 g/mol. The lowest BCUT2D eigenvalue weighted by Gasteiger charge is -2.19. The SMILES string of the molecule is COc1ccc(Cl)cc1NC(=O)[C@H](NS(=O)(=O)c1cccs1)c1ccccc1. The molecule has 3 rings (SSSR count). The third-order valence-corrected chi connectivity index (χ3v) is 6.90. The van der Waals surface area contributed by atoms with Gasteiger partial charge in [-0.25, -0.2) is 8.42 Å². The second-order valence-electron chi connectivity index (χ2n) is 5.73. The van der Waals surface area contributed by atoms with Crippen molar-refractivity contribution in [2.24, 2.45) is 0 Å². The van der Waals surface area contributed by atoms with Gasteiger partial charge in [0.25, 0.3) is 10.0 Å². The Balaban J connectivity index is 1.94. The number of carbonyl (C=O) groups excluding carboxylic acids is 1. The molecule has 0 saturated carbocycles. The highest BCUT2D eigenvalue weighted by Gasteiger charge is 2.28. The lowest BCUT2D eigenvalue weighted by molar-refractivity contribution is -0.117. The molecular formula is C19H17ClN2O4S2. The monoisotopic (exact) mass is 436 g/mol. The van der Waals surface area contributed by atoms with E-state index in [4.69, 9.17) is 16.3 Å². The van der Waals surface area contributed by atoms with E-state index in [1.807, 2.05) is 0 Å². The van der Waals surface area contributed by atoms with Gasteiger partial charge < -0.3 is 10.1 Å². The molecule has 28 heavy (non-hydrogen) atoms. The van der Waals surface area contributed by atoms with Crippen LogP contribution >= 0.6 is 22.9 Å². The minimum Gasteiger partial charge on any atom is -0.495 e. The van der Waals surface area contributed by atoms with Crippen molar-refractivity contribution in [3.63, 3.8) is 0 Å². The summed E-state index contributed by atoms with van der Waals surface area (Å²) >= 11 is 7.08. The van der Waals surface area contributed by atoms with Crippen LogP contribution in [0.2, 0.25) is 5.02 Å². The number of thiophene rings is 1. The van der Waals surface area contributed by atoms with Gasteiger partial charge in [-0.15, -0.1) is 11.3 Å². The lowest BCUT2D eigenvalue weighted by atomic mass is 10.1. The van der Waals surface area contributed by atoms with Crippen LogP contribution < -0.4 is 14.8 Å². The molecule has 2 aromatic carbocycles. The predicted molar refractivity (Wildman–Crippen MR) is 110 cm³/mol. The Morgan fingerprint density at radius 1 is 1.11 bits per heavy atom. The van der Waals surface area contributed by atoms with Gasteiger partial charge in [-0.3, -0.25) is 4.79 Å². The number of amides is 1. The summed E-state index contributed by atoms with van der Waals surface area (Å²) in [6.07, 6.45) is 0. The molecule has 0 saturated heterocycles. The van der Waals surface area contributed by atoms with Gasteiger partial charge in [0.15, 0.2) is 0 Å². The van der Waals surface area contributed by atoms with Crippen LogP contribution in [0.1, 0.15) is 11.6 Å². The third kappa shape index (κ3) is 4.71. The number of ether oxygens (including phenoxy) is 1. The first-order chi connectivity index (χ1) is 13.4. The number of nitrogens with one attached hydrogen (secondary N) is 2. The van der Waals surface area contributed by atoms with Gasteiger partial charge in [0, 0.05) is 5.02 Å². The molecule has 0 unspecified atom stereocenters. The van der Waals surface area contributed by atoms with Crippen LogP contribution in [0.3, 0.4) is 0 Å². The van der Waals surface area contributed by atoms with Crippen LogP contribution in [0, 0.1) is 0 Å². The summed E-state index contributed by atoms with van der Waals surface area (Å²) in [6.45, 7) is 0. The van der Waals surface area contributed by atoms with Gasteiger partial charge in [0.1, 0.15) is 16.0 Å². The number of halogens is 1. The number of rotatable bonds is 7. The van der Waals surface area contributed by atoms with E-state index >= 15 is 0 Å². The average Bonchev–Trinajstić information content (AvgIpc) is 3.23. The molecule has 146 valence electrons. The first-order valence-electron chi connectivity index (χ1n) is 8.16. The smallest absolute Gasteiger partial charge is 0.251 e. The standard InChI is InChI=1S/C19H17ClN2O4S2/c1-26-16-10-9-14(20)12-15(16)21-19(23)18(13-6-3-2-4-7-13)22-28(24,25)17-8-5-11-27-17/h2-12,18,22H,1H3,(H,21,23)/t18-/m1/s1. The third-order valence-electron chi connectivity index (χ3n) is 3.85. The van der Waals surface area contributed by atoms with Gasteiger partial charge in [-0.2, -0.15) is 4.72 Å². The van der Waals surface area contributed by atoms with Crippen LogP contribution in [0.25, 0.3) is 0 Å². The van der Waals surface area contributed by atoms with Crippen molar-refractivity contribution >= 4 is 44.6 Å². The molecule has 1 aromatic heterocycles. The highest BCUT2D eigenvalue weighted by Crippen LogP contribution is 2.29. The van der Waals surface area contributed by atoms with E-state index in [1.165, 1.54) is 19.2 Å². The highest BCUT2D eigenvalue weighted by atomic mass is 35.5. The Morgan fingerprint density at radius 3 is 2.50 bits per heavy atom. The Bertz CT molecular complexity index is 1050. The van der Waals surface area contributed by atoms with Crippen LogP contribution in [0.4, 0.5) is 5.69 Å². The van der Waals surface area contributed by atoms with Crippen molar-refractivity contribution in [1.82, 2.24) is 4.72 Å². The van der Waals surface area contributed by atoms with E-state index < -0.39 is 22.0 Å². The normalized spacial score (nSPS) is 12.4. The molecule has 0 aliphatic carbocycles. The molecule has 2 N–H and O–H groups in total. The maximum absolute atomic E-state index is 13.0. The lowest BCUT2D eigenvalue weighted by Crippen LogP contribution is -2.36. The molecule has 0 bridgehead atoms. The fourth-order valence-corrected chi connectivity index (χ4v) is 4.90. The van der Waals surface area contributed by atoms with E-state index in [-0.39, 0.29) is 4.21 Å². The van der Waals surface area contributed by atoms with Gasteiger partial charge in [-0.05, 0) is 35.2 Å². The minimum atomic E-state index is -3.88. The molecule has 3 aromatic rings. The zero-order valence-electron chi connectivity index (χ0n) is 14.8.